The molecule has 2 aliphatic heterocycles. The number of guanidine groups is 1. The summed E-state index contributed by atoms with van der Waals surface area (Å²) in [5, 5.41) is 7.02. The van der Waals surface area contributed by atoms with Crippen LogP contribution in [0.5, 0.6) is 0 Å². The summed E-state index contributed by atoms with van der Waals surface area (Å²) >= 11 is 0. The quantitative estimate of drug-likeness (QED) is 0.371. The van der Waals surface area contributed by atoms with Crippen molar-refractivity contribution >= 4 is 5.96 Å². The van der Waals surface area contributed by atoms with E-state index in [2.05, 4.69) is 20.5 Å². The minimum atomic E-state index is 0.529. The van der Waals surface area contributed by atoms with Gasteiger partial charge in [-0.15, -0.1) is 0 Å². The maximum absolute atomic E-state index is 5.76. The normalized spacial score (nSPS) is 28.1. The lowest BCUT2D eigenvalue weighted by Gasteiger charge is -2.21. The Hall–Kier alpha value is -0.850. The zero-order chi connectivity index (χ0) is 18.0. The van der Waals surface area contributed by atoms with E-state index in [1.54, 1.807) is 0 Å². The summed E-state index contributed by atoms with van der Waals surface area (Å²) in [5.41, 5.74) is 0. The van der Waals surface area contributed by atoms with Gasteiger partial charge in [0.25, 0.3) is 0 Å². The molecular weight excluding hydrogens is 328 g/mol. The van der Waals surface area contributed by atoms with Gasteiger partial charge >= 0.3 is 0 Å². The molecule has 0 amide bonds. The second kappa shape index (κ2) is 11.1. The molecule has 0 bridgehead atoms. The Kier molecular flexibility index (Phi) is 8.49. The van der Waals surface area contributed by atoms with Crippen LogP contribution in [0.25, 0.3) is 0 Å². The van der Waals surface area contributed by atoms with E-state index in [4.69, 9.17) is 9.47 Å². The molecule has 1 saturated carbocycles. The Morgan fingerprint density at radius 2 is 2.08 bits per heavy atom. The molecule has 1 aliphatic carbocycles. The van der Waals surface area contributed by atoms with Crippen LogP contribution in [0.2, 0.25) is 0 Å². The van der Waals surface area contributed by atoms with Crippen molar-refractivity contribution in [3.8, 4) is 0 Å². The Labute approximate surface area is 159 Å². The topological polar surface area (TPSA) is 58.1 Å². The lowest BCUT2D eigenvalue weighted by atomic mass is 10.1. The lowest BCUT2D eigenvalue weighted by molar-refractivity contribution is 0.0888. The third kappa shape index (κ3) is 6.71. The fourth-order valence-corrected chi connectivity index (χ4v) is 4.41. The summed E-state index contributed by atoms with van der Waals surface area (Å²) in [5.74, 6) is 2.48. The van der Waals surface area contributed by atoms with Crippen LogP contribution in [-0.2, 0) is 9.47 Å². The van der Waals surface area contributed by atoms with E-state index in [0.717, 1.165) is 64.2 Å². The van der Waals surface area contributed by atoms with Gasteiger partial charge in [-0.1, -0.05) is 12.8 Å². The van der Waals surface area contributed by atoms with E-state index in [1.165, 1.54) is 45.2 Å². The van der Waals surface area contributed by atoms with Gasteiger partial charge < -0.3 is 25.0 Å². The molecule has 2 unspecified atom stereocenters. The van der Waals surface area contributed by atoms with Crippen LogP contribution in [0.3, 0.4) is 0 Å². The predicted molar refractivity (Wildman–Crippen MR) is 106 cm³/mol. The van der Waals surface area contributed by atoms with Crippen molar-refractivity contribution in [1.82, 2.24) is 15.5 Å². The number of likely N-dealkylation sites (tertiary alicyclic amines) is 1. The van der Waals surface area contributed by atoms with Crippen LogP contribution in [0.4, 0.5) is 0 Å². The highest BCUT2D eigenvalue weighted by molar-refractivity contribution is 5.79. The minimum Gasteiger partial charge on any atom is -0.381 e. The largest absolute Gasteiger partial charge is 0.381 e. The smallest absolute Gasteiger partial charge is 0.191 e. The summed E-state index contributed by atoms with van der Waals surface area (Å²) in [6.07, 6.45) is 9.13. The first-order valence-corrected chi connectivity index (χ1v) is 10.7. The van der Waals surface area contributed by atoms with E-state index < -0.39 is 0 Å². The number of aliphatic imine (C=N–C) groups is 1. The van der Waals surface area contributed by atoms with Crippen LogP contribution in [0, 0.1) is 11.8 Å². The number of rotatable bonds is 9. The molecule has 0 aromatic heterocycles. The third-order valence-corrected chi connectivity index (χ3v) is 5.96. The van der Waals surface area contributed by atoms with Crippen LogP contribution < -0.4 is 10.6 Å². The molecule has 0 spiro atoms. The molecule has 150 valence electrons. The zero-order valence-electron chi connectivity index (χ0n) is 16.5. The molecule has 3 aliphatic rings. The van der Waals surface area contributed by atoms with E-state index >= 15 is 0 Å². The maximum Gasteiger partial charge on any atom is 0.191 e. The standard InChI is InChI=1S/C20H38N4O2/c1-21-20(22-9-4-11-25-15-18-8-12-26-16-18)23-19-7-10-24(14-19)13-17-5-2-3-6-17/h17-19H,2-16H2,1H3,(H2,21,22,23). The van der Waals surface area contributed by atoms with Gasteiger partial charge in [0, 0.05) is 58.4 Å². The Morgan fingerprint density at radius 1 is 1.19 bits per heavy atom. The molecule has 0 radical (unpaired) electrons. The summed E-state index contributed by atoms with van der Waals surface area (Å²) in [6, 6.07) is 0.529. The first-order valence-electron chi connectivity index (χ1n) is 10.7. The van der Waals surface area contributed by atoms with E-state index in [9.17, 15) is 0 Å². The molecule has 6 heteroatoms. The number of nitrogens with zero attached hydrogens (tertiary/aromatic N) is 2. The molecule has 26 heavy (non-hydrogen) atoms. The van der Waals surface area contributed by atoms with E-state index in [-0.39, 0.29) is 0 Å². The molecular formula is C20H38N4O2. The minimum absolute atomic E-state index is 0.529. The van der Waals surface area contributed by atoms with Crippen LogP contribution >= 0.6 is 0 Å². The maximum atomic E-state index is 5.76. The molecule has 2 N–H and O–H groups in total. The van der Waals surface area contributed by atoms with Gasteiger partial charge in [0.2, 0.25) is 0 Å². The number of hydrogen-bond acceptors (Lipinski definition) is 4. The highest BCUT2D eigenvalue weighted by Gasteiger charge is 2.26. The molecule has 0 aromatic carbocycles. The fraction of sp³-hybridized carbons (Fsp3) is 0.950. The molecule has 3 rings (SSSR count). The summed E-state index contributed by atoms with van der Waals surface area (Å²) in [4.78, 5) is 7.02. The summed E-state index contributed by atoms with van der Waals surface area (Å²) in [7, 11) is 1.86. The van der Waals surface area contributed by atoms with Crippen LogP contribution in [0.1, 0.15) is 44.9 Å². The Balaban J connectivity index is 1.22. The average molecular weight is 367 g/mol. The van der Waals surface area contributed by atoms with Gasteiger partial charge in [0.1, 0.15) is 0 Å². The lowest BCUT2D eigenvalue weighted by Crippen LogP contribution is -2.45. The van der Waals surface area contributed by atoms with E-state index in [0.29, 0.717) is 12.0 Å². The van der Waals surface area contributed by atoms with Crippen molar-refractivity contribution in [3.63, 3.8) is 0 Å². The van der Waals surface area contributed by atoms with Gasteiger partial charge in [-0.05, 0) is 38.0 Å². The molecule has 3 fully saturated rings. The molecule has 2 atom stereocenters. The first kappa shape index (κ1) is 19.9. The number of nitrogens with one attached hydrogen (secondary N) is 2. The molecule has 2 saturated heterocycles. The van der Waals surface area contributed by atoms with Crippen LogP contribution in [0.15, 0.2) is 4.99 Å². The first-order chi connectivity index (χ1) is 12.8. The predicted octanol–water partition coefficient (Wildman–Crippen LogP) is 1.86. The van der Waals surface area contributed by atoms with Crippen molar-refractivity contribution in [2.24, 2.45) is 16.8 Å². The third-order valence-electron chi connectivity index (χ3n) is 5.96. The average Bonchev–Trinajstić information content (AvgIpc) is 3.41. The summed E-state index contributed by atoms with van der Waals surface area (Å²) < 4.78 is 11.1. The van der Waals surface area contributed by atoms with Crippen molar-refractivity contribution in [2.75, 3.05) is 59.7 Å². The van der Waals surface area contributed by atoms with Gasteiger partial charge in [-0.3, -0.25) is 4.99 Å². The monoisotopic (exact) mass is 366 g/mol. The van der Waals surface area contributed by atoms with Gasteiger partial charge in [0.05, 0.1) is 13.2 Å². The highest BCUT2D eigenvalue weighted by Crippen LogP contribution is 2.26. The van der Waals surface area contributed by atoms with Crippen molar-refractivity contribution in [3.05, 3.63) is 0 Å². The highest BCUT2D eigenvalue weighted by atomic mass is 16.5. The number of hydrogen-bond donors (Lipinski definition) is 2. The molecule has 2 heterocycles. The van der Waals surface area contributed by atoms with Gasteiger partial charge in [-0.2, -0.15) is 0 Å². The van der Waals surface area contributed by atoms with Crippen molar-refractivity contribution < 1.29 is 9.47 Å². The SMILES string of the molecule is CN=C(NCCCOCC1CCOC1)NC1CCN(CC2CCCC2)C1. The fourth-order valence-electron chi connectivity index (χ4n) is 4.41. The Bertz CT molecular complexity index is 420. The van der Waals surface area contributed by atoms with Crippen molar-refractivity contribution in [1.29, 1.82) is 0 Å². The number of ether oxygens (including phenoxy) is 2. The van der Waals surface area contributed by atoms with E-state index in [1.807, 2.05) is 7.05 Å². The molecule has 6 nitrogen and oxygen atoms in total. The van der Waals surface area contributed by atoms with Crippen molar-refractivity contribution in [2.45, 2.75) is 51.0 Å². The second-order valence-corrected chi connectivity index (χ2v) is 8.20. The summed E-state index contributed by atoms with van der Waals surface area (Å²) in [6.45, 7) is 8.00. The van der Waals surface area contributed by atoms with Gasteiger partial charge in [-0.25, -0.2) is 0 Å². The molecule has 0 aromatic rings. The second-order valence-electron chi connectivity index (χ2n) is 8.20. The zero-order valence-corrected chi connectivity index (χ0v) is 16.5. The Morgan fingerprint density at radius 3 is 2.85 bits per heavy atom. The van der Waals surface area contributed by atoms with Crippen LogP contribution in [-0.4, -0.2) is 76.6 Å². The van der Waals surface area contributed by atoms with Gasteiger partial charge in [0.15, 0.2) is 5.96 Å².